The maximum absolute atomic E-state index is 11.4. The van der Waals surface area contributed by atoms with E-state index in [0.717, 1.165) is 0 Å². The fourth-order valence-corrected chi connectivity index (χ4v) is 8.31. The molecule has 20 N–H and O–H groups in total. The molecule has 0 saturated carbocycles. The summed E-state index contributed by atoms with van der Waals surface area (Å²) in [6.07, 6.45) is -57.1. The Morgan fingerprint density at radius 3 is 0.896 bits per heavy atom. The average molecular weight is 991 g/mol. The van der Waals surface area contributed by atoms with Crippen molar-refractivity contribution in [1.29, 1.82) is 0 Å². The third-order valence-electron chi connectivity index (χ3n) is 12.4. The van der Waals surface area contributed by atoms with E-state index >= 15 is 0 Å². The first-order valence-corrected chi connectivity index (χ1v) is 21.1. The lowest BCUT2D eigenvalue weighted by Gasteiger charge is -2.49. The van der Waals surface area contributed by atoms with Gasteiger partial charge >= 0.3 is 0 Å². The molecule has 0 aromatic carbocycles. The summed E-state index contributed by atoms with van der Waals surface area (Å²) in [5.74, 6) is 0. The zero-order chi connectivity index (χ0) is 49.3. The van der Waals surface area contributed by atoms with Gasteiger partial charge in [-0.25, -0.2) is 0 Å². The molecule has 6 fully saturated rings. The van der Waals surface area contributed by atoms with Gasteiger partial charge in [0.05, 0.1) is 39.6 Å². The Morgan fingerprint density at radius 1 is 0.254 bits per heavy atom. The number of aliphatic hydroxyl groups excluding tert-OH is 20. The van der Waals surface area contributed by atoms with E-state index < -0.39 is 224 Å². The topological polar surface area (TPSA) is 506 Å². The van der Waals surface area contributed by atoms with Gasteiger partial charge in [0, 0.05) is 0 Å². The van der Waals surface area contributed by atoms with Crippen molar-refractivity contribution in [3.63, 3.8) is 0 Å². The maximum Gasteiger partial charge on any atom is 0.187 e. The molecule has 0 aromatic rings. The van der Waals surface area contributed by atoms with Crippen LogP contribution in [0.15, 0.2) is 0 Å². The largest absolute Gasteiger partial charge is 0.394 e. The second kappa shape index (κ2) is 23.5. The molecule has 31 nitrogen and oxygen atoms in total. The fraction of sp³-hybridized carbons (Fsp3) is 1.00. The minimum Gasteiger partial charge on any atom is -0.394 e. The normalized spacial score (nSPS) is 53.4. The SMILES string of the molecule is OC[C@H]1O[C@H](OC[C@H]2O[C@@H](O[C@H]3[C@H](O)[C@@H](O)[C@H](O[C@H]4[C@H](O)[C@H](O)C(O)O[C@@H]4CO[C@H]4O[C@H](CO)[C@H](O)[C@H](O)[C@H]4O)O[C@@H]3CO)[C@@H](O)[C@@H](O)[C@@H]2O[C@@H]2O[C@H](CO)[C@@H](O)[C@H](O)[C@H]2O)[C@H](O)[C@@H](O)[C@H]1O. The number of hydrogen-bond donors (Lipinski definition) is 20. The van der Waals surface area contributed by atoms with Crippen molar-refractivity contribution in [2.45, 2.75) is 184 Å². The maximum atomic E-state index is 11.4. The van der Waals surface area contributed by atoms with Crippen LogP contribution in [0.4, 0.5) is 0 Å². The number of aliphatic hydroxyl groups is 20. The van der Waals surface area contributed by atoms with E-state index in [1.807, 2.05) is 0 Å². The highest BCUT2D eigenvalue weighted by atomic mass is 16.8. The summed E-state index contributed by atoms with van der Waals surface area (Å²) in [6, 6.07) is 0. The highest BCUT2D eigenvalue weighted by Crippen LogP contribution is 2.35. The Hall–Kier alpha value is -1.24. The molecule has 0 aliphatic carbocycles. The monoisotopic (exact) mass is 990 g/mol. The van der Waals surface area contributed by atoms with Crippen LogP contribution in [0, 0.1) is 0 Å². The minimum atomic E-state index is -2.23. The van der Waals surface area contributed by atoms with Gasteiger partial charge in [0.25, 0.3) is 0 Å². The van der Waals surface area contributed by atoms with Gasteiger partial charge < -0.3 is 154 Å². The highest BCUT2D eigenvalue weighted by Gasteiger charge is 2.56. The van der Waals surface area contributed by atoms with E-state index in [1.54, 1.807) is 0 Å². The van der Waals surface area contributed by atoms with Crippen LogP contribution in [0.5, 0.6) is 0 Å². The molecule has 67 heavy (non-hydrogen) atoms. The van der Waals surface area contributed by atoms with Crippen molar-refractivity contribution in [3.05, 3.63) is 0 Å². The van der Waals surface area contributed by atoms with Gasteiger partial charge in [-0.3, -0.25) is 0 Å². The molecular weight excluding hydrogens is 928 g/mol. The summed E-state index contributed by atoms with van der Waals surface area (Å²) in [6.45, 7) is -5.31. The van der Waals surface area contributed by atoms with Crippen LogP contribution in [-0.2, 0) is 52.1 Å². The van der Waals surface area contributed by atoms with E-state index in [-0.39, 0.29) is 0 Å². The molecule has 0 amide bonds. The third kappa shape index (κ3) is 11.5. The molecule has 6 aliphatic heterocycles. The summed E-state index contributed by atoms with van der Waals surface area (Å²) < 4.78 is 61.0. The minimum absolute atomic E-state index is 0.795. The highest BCUT2D eigenvalue weighted by molar-refractivity contribution is 4.99. The van der Waals surface area contributed by atoms with Crippen molar-refractivity contribution in [1.82, 2.24) is 0 Å². The van der Waals surface area contributed by atoms with Gasteiger partial charge in [-0.15, -0.1) is 0 Å². The Kier molecular flexibility index (Phi) is 19.4. The Balaban J connectivity index is 1.17. The number of hydrogen-bond acceptors (Lipinski definition) is 31. The number of ether oxygens (including phenoxy) is 11. The molecule has 0 aromatic heterocycles. The van der Waals surface area contributed by atoms with Gasteiger partial charge in [-0.05, 0) is 0 Å². The molecule has 0 radical (unpaired) electrons. The van der Waals surface area contributed by atoms with Gasteiger partial charge in [0.1, 0.15) is 146 Å². The van der Waals surface area contributed by atoms with Gasteiger partial charge in [0.15, 0.2) is 37.7 Å². The Morgan fingerprint density at radius 2 is 0.522 bits per heavy atom. The fourth-order valence-electron chi connectivity index (χ4n) is 8.31. The van der Waals surface area contributed by atoms with Crippen molar-refractivity contribution < 1.29 is 154 Å². The standard InChI is InChI=1S/C36H62O31/c37-1-7-13(41)16(44)23(51)32(60-7)57-5-11-29(19(47)22(50)31(56)59-11)66-35-26(54)20(48)28(10(4-40)63-35)65-36-27(55)21(49)30(67-34-25(53)18(46)15(43)9(3-39)62-34)12(64-36)6-58-33-24(52)17(45)14(42)8(2-38)61-33/h7-56H,1-6H2/t7-,8-,9-,10-,11-,12-,13+,14+,15-,16+,17+,18+,19-,20-,21-,22+,23-,24-,25-,26-,27+,28-,29-,30-,31?,32+,33+,34+,35+,36+/m1/s1. The molecule has 6 rings (SSSR count). The quantitative estimate of drug-likeness (QED) is 0.0683. The van der Waals surface area contributed by atoms with Crippen molar-refractivity contribution in [3.8, 4) is 0 Å². The summed E-state index contributed by atoms with van der Waals surface area (Å²) in [4.78, 5) is 0. The summed E-state index contributed by atoms with van der Waals surface area (Å²) >= 11 is 0. The van der Waals surface area contributed by atoms with E-state index in [2.05, 4.69) is 0 Å². The summed E-state index contributed by atoms with van der Waals surface area (Å²) in [7, 11) is 0. The molecule has 6 saturated heterocycles. The second-order valence-electron chi connectivity index (χ2n) is 16.8. The molecule has 0 spiro atoms. The Bertz CT molecular complexity index is 1500. The second-order valence-corrected chi connectivity index (χ2v) is 16.8. The smallest absolute Gasteiger partial charge is 0.187 e. The lowest BCUT2D eigenvalue weighted by Crippen LogP contribution is -2.67. The molecular formula is C36H62O31. The molecule has 1 unspecified atom stereocenters. The molecule has 31 heteroatoms. The predicted molar refractivity (Wildman–Crippen MR) is 199 cm³/mol. The van der Waals surface area contributed by atoms with Gasteiger partial charge in [-0.2, -0.15) is 0 Å². The van der Waals surface area contributed by atoms with Crippen LogP contribution in [0.3, 0.4) is 0 Å². The lowest BCUT2D eigenvalue weighted by molar-refractivity contribution is -0.392. The van der Waals surface area contributed by atoms with Crippen molar-refractivity contribution in [2.75, 3.05) is 39.6 Å². The first-order chi connectivity index (χ1) is 31.7. The van der Waals surface area contributed by atoms with Crippen molar-refractivity contribution >= 4 is 0 Å². The summed E-state index contributed by atoms with van der Waals surface area (Å²) in [5, 5.41) is 209. The third-order valence-corrected chi connectivity index (χ3v) is 12.4. The first kappa shape index (κ1) is 55.1. The zero-order valence-corrected chi connectivity index (χ0v) is 35.0. The van der Waals surface area contributed by atoms with Crippen LogP contribution in [0.1, 0.15) is 0 Å². The predicted octanol–water partition coefficient (Wildman–Crippen LogP) is -14.1. The van der Waals surface area contributed by atoms with Gasteiger partial charge in [0.2, 0.25) is 0 Å². The van der Waals surface area contributed by atoms with Crippen LogP contribution in [0.25, 0.3) is 0 Å². The Labute approximate surface area is 378 Å². The lowest BCUT2D eigenvalue weighted by atomic mass is 9.95. The average Bonchev–Trinajstić information content (AvgIpc) is 3.31. The van der Waals surface area contributed by atoms with Crippen LogP contribution in [-0.4, -0.2) is 326 Å². The first-order valence-electron chi connectivity index (χ1n) is 21.1. The zero-order valence-electron chi connectivity index (χ0n) is 35.0. The van der Waals surface area contributed by atoms with E-state index in [9.17, 15) is 102 Å². The number of rotatable bonds is 16. The van der Waals surface area contributed by atoms with Crippen molar-refractivity contribution in [2.24, 2.45) is 0 Å². The summed E-state index contributed by atoms with van der Waals surface area (Å²) in [5.41, 5.74) is 0. The van der Waals surface area contributed by atoms with E-state index in [4.69, 9.17) is 52.1 Å². The molecule has 6 heterocycles. The molecule has 0 bridgehead atoms. The van der Waals surface area contributed by atoms with Crippen LogP contribution in [0.2, 0.25) is 0 Å². The van der Waals surface area contributed by atoms with E-state index in [0.29, 0.717) is 0 Å². The van der Waals surface area contributed by atoms with E-state index in [1.165, 1.54) is 0 Å². The van der Waals surface area contributed by atoms with Crippen LogP contribution < -0.4 is 0 Å². The molecule has 6 aliphatic rings. The van der Waals surface area contributed by atoms with Gasteiger partial charge in [-0.1, -0.05) is 0 Å². The molecule has 30 atom stereocenters. The van der Waals surface area contributed by atoms with Crippen LogP contribution >= 0.6 is 0 Å². The molecule has 392 valence electrons.